The monoisotopic (exact) mass is 238 g/mol. The third kappa shape index (κ3) is 1.03. The summed E-state index contributed by atoms with van der Waals surface area (Å²) in [7, 11) is 0. The van der Waals surface area contributed by atoms with Crippen LogP contribution in [0.2, 0.25) is 0 Å². The van der Waals surface area contributed by atoms with E-state index in [0.717, 1.165) is 17.0 Å². The van der Waals surface area contributed by atoms with Crippen LogP contribution < -0.4 is 4.74 Å². The SMILES string of the molecule is c1ccc2c(c1)OCc1[se]nnc1-2. The molecule has 0 N–H and O–H groups in total. The number of aromatic nitrogens is 2. The van der Waals surface area contributed by atoms with Gasteiger partial charge in [-0.25, -0.2) is 0 Å². The van der Waals surface area contributed by atoms with Crippen LogP contribution in [0.4, 0.5) is 0 Å². The van der Waals surface area contributed by atoms with E-state index in [1.807, 2.05) is 24.3 Å². The summed E-state index contributed by atoms with van der Waals surface area (Å²) in [6.45, 7) is 0.666. The molecule has 0 aliphatic carbocycles. The molecule has 2 heterocycles. The van der Waals surface area contributed by atoms with E-state index >= 15 is 0 Å². The summed E-state index contributed by atoms with van der Waals surface area (Å²) in [6, 6.07) is 7.98. The number of para-hydroxylation sites is 1. The van der Waals surface area contributed by atoms with Gasteiger partial charge in [-0.1, -0.05) is 0 Å². The van der Waals surface area contributed by atoms with Gasteiger partial charge in [0.2, 0.25) is 0 Å². The Hall–Kier alpha value is -1.12. The average Bonchev–Trinajstić information content (AvgIpc) is 2.65. The summed E-state index contributed by atoms with van der Waals surface area (Å²) in [6.07, 6.45) is 0. The zero-order valence-corrected chi connectivity index (χ0v) is 8.44. The van der Waals surface area contributed by atoms with Crippen molar-refractivity contribution in [3.63, 3.8) is 0 Å². The third-order valence-corrected chi connectivity index (χ3v) is 3.51. The van der Waals surface area contributed by atoms with Gasteiger partial charge >= 0.3 is 81.0 Å². The topological polar surface area (TPSA) is 35.0 Å². The maximum absolute atomic E-state index is 5.58. The quantitative estimate of drug-likeness (QED) is 0.643. The Kier molecular flexibility index (Phi) is 1.51. The Bertz CT molecular complexity index is 452. The molecule has 0 saturated carbocycles. The second-order valence-electron chi connectivity index (χ2n) is 2.83. The first-order chi connectivity index (χ1) is 6.45. The summed E-state index contributed by atoms with van der Waals surface area (Å²) < 4.78 is 10.9. The predicted octanol–water partition coefficient (Wildman–Crippen LogP) is 1.09. The fraction of sp³-hybridized carbons (Fsp3) is 0.111. The predicted molar refractivity (Wildman–Crippen MR) is 48.7 cm³/mol. The van der Waals surface area contributed by atoms with Gasteiger partial charge in [-0.3, -0.25) is 0 Å². The Balaban J connectivity index is 2.30. The van der Waals surface area contributed by atoms with Gasteiger partial charge in [0.25, 0.3) is 0 Å². The second kappa shape index (κ2) is 2.69. The molecule has 4 heteroatoms. The van der Waals surface area contributed by atoms with Crippen molar-refractivity contribution in [1.29, 1.82) is 0 Å². The van der Waals surface area contributed by atoms with Crippen molar-refractivity contribution in [2.45, 2.75) is 6.61 Å². The van der Waals surface area contributed by atoms with Crippen molar-refractivity contribution in [2.75, 3.05) is 0 Å². The molecular weight excluding hydrogens is 231 g/mol. The van der Waals surface area contributed by atoms with Gasteiger partial charge in [0.1, 0.15) is 0 Å². The van der Waals surface area contributed by atoms with Crippen molar-refractivity contribution in [2.24, 2.45) is 0 Å². The molecule has 1 aliphatic rings. The fourth-order valence-corrected chi connectivity index (χ4v) is 2.64. The van der Waals surface area contributed by atoms with Gasteiger partial charge in [-0.05, 0) is 0 Å². The maximum atomic E-state index is 5.58. The van der Waals surface area contributed by atoms with Crippen molar-refractivity contribution >= 4 is 14.7 Å². The van der Waals surface area contributed by atoms with Crippen LogP contribution in [0, 0.1) is 0 Å². The van der Waals surface area contributed by atoms with E-state index in [9.17, 15) is 0 Å². The Morgan fingerprint density at radius 2 is 2.23 bits per heavy atom. The van der Waals surface area contributed by atoms with E-state index in [1.54, 1.807) is 0 Å². The van der Waals surface area contributed by atoms with Crippen LogP contribution in [0.3, 0.4) is 0 Å². The van der Waals surface area contributed by atoms with Crippen LogP contribution in [-0.4, -0.2) is 23.9 Å². The first-order valence-corrected chi connectivity index (χ1v) is 5.61. The van der Waals surface area contributed by atoms with Gasteiger partial charge in [0.05, 0.1) is 0 Å². The zero-order valence-electron chi connectivity index (χ0n) is 6.73. The number of hydrogen-bond donors (Lipinski definition) is 0. The molecule has 2 aromatic rings. The number of hydrogen-bond acceptors (Lipinski definition) is 3. The van der Waals surface area contributed by atoms with Crippen molar-refractivity contribution < 1.29 is 4.74 Å². The van der Waals surface area contributed by atoms with Crippen LogP contribution in [0.25, 0.3) is 11.3 Å². The number of rotatable bonds is 0. The van der Waals surface area contributed by atoms with E-state index in [-0.39, 0.29) is 14.7 Å². The van der Waals surface area contributed by atoms with Gasteiger partial charge in [0, 0.05) is 0 Å². The van der Waals surface area contributed by atoms with Gasteiger partial charge in [-0.15, -0.1) is 0 Å². The molecule has 0 fully saturated rings. The van der Waals surface area contributed by atoms with E-state index in [4.69, 9.17) is 4.74 Å². The van der Waals surface area contributed by atoms with Crippen molar-refractivity contribution in [1.82, 2.24) is 9.19 Å². The molecule has 0 bridgehead atoms. The van der Waals surface area contributed by atoms with Crippen LogP contribution in [0.1, 0.15) is 4.44 Å². The number of nitrogens with zero attached hydrogens (tertiary/aromatic N) is 2. The normalized spacial score (nSPS) is 12.9. The van der Waals surface area contributed by atoms with E-state index in [1.165, 1.54) is 4.44 Å². The molecule has 0 unspecified atom stereocenters. The second-order valence-corrected chi connectivity index (χ2v) is 4.59. The van der Waals surface area contributed by atoms with E-state index < -0.39 is 0 Å². The number of fused-ring (bicyclic) bond motifs is 3. The summed E-state index contributed by atoms with van der Waals surface area (Å²) in [5.41, 5.74) is 2.13. The summed E-state index contributed by atoms with van der Waals surface area (Å²) in [4.78, 5) is 0. The minimum atomic E-state index is 0.170. The van der Waals surface area contributed by atoms with Crippen LogP contribution >= 0.6 is 0 Å². The average molecular weight is 237 g/mol. The summed E-state index contributed by atoms with van der Waals surface area (Å²) >= 11 is 0.170. The van der Waals surface area contributed by atoms with Crippen LogP contribution in [0.15, 0.2) is 24.3 Å². The molecule has 0 saturated heterocycles. The van der Waals surface area contributed by atoms with Crippen molar-refractivity contribution in [3.8, 4) is 17.0 Å². The first kappa shape index (κ1) is 7.30. The minimum absolute atomic E-state index is 0.170. The molecule has 13 heavy (non-hydrogen) atoms. The molecule has 0 atom stereocenters. The van der Waals surface area contributed by atoms with Gasteiger partial charge in [0.15, 0.2) is 0 Å². The number of ether oxygens (including phenoxy) is 1. The Morgan fingerprint density at radius 1 is 1.31 bits per heavy atom. The third-order valence-electron chi connectivity index (χ3n) is 2.06. The standard InChI is InChI=1S/C9H6N2OSe/c1-2-4-7-6(3-1)9-8(5-12-7)13-11-10-9/h1-4H,5H2. The molecule has 1 aromatic carbocycles. The Labute approximate surface area is 81.3 Å². The fourth-order valence-electron chi connectivity index (χ4n) is 1.44. The molecule has 0 amide bonds. The van der Waals surface area contributed by atoms with Crippen LogP contribution in [0.5, 0.6) is 5.75 Å². The summed E-state index contributed by atoms with van der Waals surface area (Å²) in [5, 5.41) is 4.15. The number of benzene rings is 1. The molecule has 0 spiro atoms. The molecule has 3 rings (SSSR count). The van der Waals surface area contributed by atoms with Crippen molar-refractivity contribution in [3.05, 3.63) is 28.7 Å². The molecular formula is C9H6N2OSe. The molecule has 64 valence electrons. The summed E-state index contributed by atoms with van der Waals surface area (Å²) in [5.74, 6) is 0.929. The molecule has 0 radical (unpaired) electrons. The van der Waals surface area contributed by atoms with Gasteiger partial charge < -0.3 is 0 Å². The molecule has 1 aromatic heterocycles. The van der Waals surface area contributed by atoms with Crippen LogP contribution in [-0.2, 0) is 6.61 Å². The molecule has 3 nitrogen and oxygen atoms in total. The Morgan fingerprint density at radius 3 is 3.23 bits per heavy atom. The van der Waals surface area contributed by atoms with E-state index in [2.05, 4.69) is 9.19 Å². The zero-order chi connectivity index (χ0) is 8.67. The van der Waals surface area contributed by atoms with E-state index in [0.29, 0.717) is 6.61 Å². The van der Waals surface area contributed by atoms with Gasteiger partial charge in [-0.2, -0.15) is 0 Å². The molecule has 1 aliphatic heterocycles. The first-order valence-electron chi connectivity index (χ1n) is 3.98.